The predicted octanol–water partition coefficient (Wildman–Crippen LogP) is 5.10. The van der Waals surface area contributed by atoms with Gasteiger partial charge in [0.1, 0.15) is 5.69 Å². The zero-order valence-corrected chi connectivity index (χ0v) is 16.1. The standard InChI is InChI=1S/C23H21N3O3/c1-2-16-7-3-5-9-19(16)24-23(27)18-11-12-21(22(15-18)26(28)29)25-14-13-17-8-4-6-10-20(17)25/h3-12,15H,2,13-14H2,1H3,(H,24,27). The zero-order chi connectivity index (χ0) is 20.4. The van der Waals surface area contributed by atoms with Crippen LogP contribution in [0.4, 0.5) is 22.7 Å². The van der Waals surface area contributed by atoms with Crippen LogP contribution in [0.15, 0.2) is 66.7 Å². The lowest BCUT2D eigenvalue weighted by Crippen LogP contribution is -2.17. The largest absolute Gasteiger partial charge is 0.335 e. The Morgan fingerprint density at radius 1 is 1.07 bits per heavy atom. The van der Waals surface area contributed by atoms with E-state index in [1.165, 1.54) is 11.6 Å². The number of nitro benzene ring substituents is 1. The molecule has 1 amide bonds. The van der Waals surface area contributed by atoms with Crippen LogP contribution >= 0.6 is 0 Å². The molecule has 0 radical (unpaired) electrons. The minimum atomic E-state index is -0.424. The Balaban J connectivity index is 1.66. The summed E-state index contributed by atoms with van der Waals surface area (Å²) in [4.78, 5) is 26.0. The van der Waals surface area contributed by atoms with Crippen LogP contribution in [0.2, 0.25) is 0 Å². The fraction of sp³-hybridized carbons (Fsp3) is 0.174. The minimum Gasteiger partial charge on any atom is -0.335 e. The summed E-state index contributed by atoms with van der Waals surface area (Å²) in [6.07, 6.45) is 1.62. The Kier molecular flexibility index (Phi) is 4.99. The van der Waals surface area contributed by atoms with E-state index in [1.54, 1.807) is 12.1 Å². The number of para-hydroxylation sites is 2. The van der Waals surface area contributed by atoms with E-state index in [0.29, 0.717) is 12.2 Å². The third-order valence-corrected chi connectivity index (χ3v) is 5.26. The second-order valence-corrected chi connectivity index (χ2v) is 6.96. The van der Waals surface area contributed by atoms with Gasteiger partial charge in [0, 0.05) is 29.5 Å². The van der Waals surface area contributed by atoms with Crippen LogP contribution in [-0.4, -0.2) is 17.4 Å². The van der Waals surface area contributed by atoms with E-state index in [1.807, 2.05) is 60.4 Å². The molecule has 0 fully saturated rings. The molecule has 1 N–H and O–H groups in total. The van der Waals surface area contributed by atoms with E-state index >= 15 is 0 Å². The molecule has 1 heterocycles. The van der Waals surface area contributed by atoms with Gasteiger partial charge in [0.25, 0.3) is 11.6 Å². The van der Waals surface area contributed by atoms with Crippen LogP contribution in [-0.2, 0) is 12.8 Å². The van der Waals surface area contributed by atoms with Crippen molar-refractivity contribution in [3.05, 3.63) is 93.5 Å². The lowest BCUT2D eigenvalue weighted by molar-refractivity contribution is -0.384. The highest BCUT2D eigenvalue weighted by Crippen LogP contribution is 2.39. The number of benzene rings is 3. The summed E-state index contributed by atoms with van der Waals surface area (Å²) in [6, 6.07) is 20.1. The summed E-state index contributed by atoms with van der Waals surface area (Å²) in [6.45, 7) is 2.69. The lowest BCUT2D eigenvalue weighted by atomic mass is 10.1. The number of amides is 1. The van der Waals surface area contributed by atoms with Crippen LogP contribution < -0.4 is 10.2 Å². The Morgan fingerprint density at radius 3 is 2.62 bits per heavy atom. The number of hydrogen-bond donors (Lipinski definition) is 1. The van der Waals surface area contributed by atoms with Gasteiger partial charge in [-0.3, -0.25) is 14.9 Å². The summed E-state index contributed by atoms with van der Waals surface area (Å²) in [5, 5.41) is 14.6. The number of rotatable bonds is 5. The van der Waals surface area contributed by atoms with Crippen molar-refractivity contribution in [2.75, 3.05) is 16.8 Å². The number of fused-ring (bicyclic) bond motifs is 1. The van der Waals surface area contributed by atoms with E-state index in [2.05, 4.69) is 5.32 Å². The Labute approximate surface area is 168 Å². The number of aryl methyl sites for hydroxylation is 1. The van der Waals surface area contributed by atoms with Crippen molar-refractivity contribution in [2.24, 2.45) is 0 Å². The molecule has 0 bridgehead atoms. The number of anilines is 3. The van der Waals surface area contributed by atoms with E-state index in [4.69, 9.17) is 0 Å². The highest BCUT2D eigenvalue weighted by molar-refractivity contribution is 6.05. The van der Waals surface area contributed by atoms with E-state index < -0.39 is 4.92 Å². The van der Waals surface area contributed by atoms with Gasteiger partial charge in [-0.2, -0.15) is 0 Å². The van der Waals surface area contributed by atoms with Crippen molar-refractivity contribution in [1.82, 2.24) is 0 Å². The van der Waals surface area contributed by atoms with Gasteiger partial charge in [-0.05, 0) is 48.2 Å². The van der Waals surface area contributed by atoms with Crippen LogP contribution in [0, 0.1) is 10.1 Å². The van der Waals surface area contributed by atoms with Crippen LogP contribution in [0.5, 0.6) is 0 Å². The molecule has 29 heavy (non-hydrogen) atoms. The van der Waals surface area contributed by atoms with Gasteiger partial charge in [-0.25, -0.2) is 0 Å². The molecular formula is C23H21N3O3. The van der Waals surface area contributed by atoms with Gasteiger partial charge in [0.15, 0.2) is 0 Å². The second kappa shape index (κ2) is 7.75. The SMILES string of the molecule is CCc1ccccc1NC(=O)c1ccc(N2CCc3ccccc32)c([N+](=O)[O-])c1. The molecule has 146 valence electrons. The normalized spacial score (nSPS) is 12.5. The van der Waals surface area contributed by atoms with E-state index in [-0.39, 0.29) is 17.2 Å². The molecule has 4 rings (SSSR count). The van der Waals surface area contributed by atoms with Gasteiger partial charge in [-0.15, -0.1) is 0 Å². The average molecular weight is 387 g/mol. The topological polar surface area (TPSA) is 75.5 Å². The molecular weight excluding hydrogens is 366 g/mol. The second-order valence-electron chi connectivity index (χ2n) is 6.96. The van der Waals surface area contributed by atoms with Crippen molar-refractivity contribution < 1.29 is 9.72 Å². The summed E-state index contributed by atoms with van der Waals surface area (Å²) < 4.78 is 0. The monoisotopic (exact) mass is 387 g/mol. The smallest absolute Gasteiger partial charge is 0.293 e. The first-order valence-electron chi connectivity index (χ1n) is 9.61. The maximum Gasteiger partial charge on any atom is 0.293 e. The molecule has 0 saturated carbocycles. The highest BCUT2D eigenvalue weighted by atomic mass is 16.6. The Bertz CT molecular complexity index is 1090. The number of nitrogens with one attached hydrogen (secondary N) is 1. The lowest BCUT2D eigenvalue weighted by Gasteiger charge is -2.20. The molecule has 0 unspecified atom stereocenters. The zero-order valence-electron chi connectivity index (χ0n) is 16.1. The number of nitro groups is 1. The number of hydrogen-bond acceptors (Lipinski definition) is 4. The van der Waals surface area contributed by atoms with Crippen LogP contribution in [0.25, 0.3) is 0 Å². The fourth-order valence-electron chi connectivity index (χ4n) is 3.77. The number of carbonyl (C=O) groups is 1. The summed E-state index contributed by atoms with van der Waals surface area (Å²) in [7, 11) is 0. The third kappa shape index (κ3) is 3.57. The van der Waals surface area contributed by atoms with Gasteiger partial charge in [0.05, 0.1) is 4.92 Å². The molecule has 0 saturated heterocycles. The van der Waals surface area contributed by atoms with Crippen molar-refractivity contribution in [3.63, 3.8) is 0 Å². The van der Waals surface area contributed by atoms with Gasteiger partial charge in [0.2, 0.25) is 0 Å². The summed E-state index contributed by atoms with van der Waals surface area (Å²) >= 11 is 0. The highest BCUT2D eigenvalue weighted by Gasteiger charge is 2.27. The molecule has 6 heteroatoms. The first-order chi connectivity index (χ1) is 14.1. The minimum absolute atomic E-state index is 0.0712. The van der Waals surface area contributed by atoms with Gasteiger partial charge >= 0.3 is 0 Å². The molecule has 1 aliphatic rings. The molecule has 0 atom stereocenters. The third-order valence-electron chi connectivity index (χ3n) is 5.26. The maximum atomic E-state index is 12.7. The molecule has 3 aromatic carbocycles. The van der Waals surface area contributed by atoms with Crippen LogP contribution in [0.1, 0.15) is 28.4 Å². The molecule has 1 aliphatic heterocycles. The number of nitrogens with zero attached hydrogens (tertiary/aromatic N) is 2. The molecule has 0 aliphatic carbocycles. The molecule has 6 nitrogen and oxygen atoms in total. The molecule has 3 aromatic rings. The van der Waals surface area contributed by atoms with Crippen molar-refractivity contribution in [1.29, 1.82) is 0 Å². The van der Waals surface area contributed by atoms with E-state index in [9.17, 15) is 14.9 Å². The molecule has 0 spiro atoms. The van der Waals surface area contributed by atoms with Gasteiger partial charge < -0.3 is 10.2 Å². The Hall–Kier alpha value is -3.67. The summed E-state index contributed by atoms with van der Waals surface area (Å²) in [5.74, 6) is -0.359. The average Bonchev–Trinajstić information content (AvgIpc) is 3.17. The van der Waals surface area contributed by atoms with E-state index in [0.717, 1.165) is 29.8 Å². The quantitative estimate of drug-likeness (QED) is 0.488. The number of carbonyl (C=O) groups excluding carboxylic acids is 1. The predicted molar refractivity (Wildman–Crippen MR) is 114 cm³/mol. The maximum absolute atomic E-state index is 12.7. The van der Waals surface area contributed by atoms with Crippen molar-refractivity contribution in [2.45, 2.75) is 19.8 Å². The molecule has 0 aromatic heterocycles. The Morgan fingerprint density at radius 2 is 1.83 bits per heavy atom. The first-order valence-corrected chi connectivity index (χ1v) is 9.61. The van der Waals surface area contributed by atoms with Gasteiger partial charge in [-0.1, -0.05) is 43.3 Å². The first kappa shape index (κ1) is 18.7. The summed E-state index contributed by atoms with van der Waals surface area (Å²) in [5.41, 5.74) is 4.58. The fourth-order valence-corrected chi connectivity index (χ4v) is 3.77. The van der Waals surface area contributed by atoms with Crippen LogP contribution in [0.3, 0.4) is 0 Å². The van der Waals surface area contributed by atoms with Crippen molar-refractivity contribution >= 4 is 28.7 Å². The van der Waals surface area contributed by atoms with Crippen molar-refractivity contribution in [3.8, 4) is 0 Å².